The highest BCUT2D eigenvalue weighted by Crippen LogP contribution is 2.19. The predicted molar refractivity (Wildman–Crippen MR) is 85.5 cm³/mol. The van der Waals surface area contributed by atoms with Gasteiger partial charge in [0.05, 0.1) is 19.3 Å². The summed E-state index contributed by atoms with van der Waals surface area (Å²) in [6.07, 6.45) is 1.52. The van der Waals surface area contributed by atoms with Crippen molar-refractivity contribution in [2.75, 3.05) is 19.7 Å². The van der Waals surface area contributed by atoms with Crippen LogP contribution in [0.3, 0.4) is 0 Å². The van der Waals surface area contributed by atoms with Gasteiger partial charge in [-0.05, 0) is 23.8 Å². The molecule has 1 unspecified atom stereocenters. The second-order valence-electron chi connectivity index (χ2n) is 5.64. The molecule has 0 saturated carbocycles. The van der Waals surface area contributed by atoms with E-state index in [1.165, 1.54) is 12.3 Å². The van der Waals surface area contributed by atoms with Gasteiger partial charge >= 0.3 is 0 Å². The fourth-order valence-electron chi connectivity index (χ4n) is 2.52. The Morgan fingerprint density at radius 2 is 2.12 bits per heavy atom. The minimum Gasteiger partial charge on any atom is -0.484 e. The van der Waals surface area contributed by atoms with Crippen LogP contribution >= 0.6 is 0 Å². The molecule has 1 N–H and O–H groups in total. The van der Waals surface area contributed by atoms with Gasteiger partial charge in [-0.1, -0.05) is 12.1 Å². The van der Waals surface area contributed by atoms with E-state index in [0.29, 0.717) is 25.3 Å². The molecule has 1 aromatic heterocycles. The van der Waals surface area contributed by atoms with E-state index < -0.39 is 5.82 Å². The van der Waals surface area contributed by atoms with Crippen molar-refractivity contribution >= 4 is 5.91 Å². The van der Waals surface area contributed by atoms with Gasteiger partial charge < -0.3 is 19.5 Å². The lowest BCUT2D eigenvalue weighted by Crippen LogP contribution is -2.34. The van der Waals surface area contributed by atoms with Gasteiger partial charge in [0.15, 0.2) is 12.4 Å². The van der Waals surface area contributed by atoms with Crippen LogP contribution in [-0.4, -0.2) is 51.9 Å². The lowest BCUT2D eigenvalue weighted by Gasteiger charge is -2.17. The number of halogens is 1. The Bertz CT molecular complexity index is 726. The normalized spacial score (nSPS) is 16.7. The zero-order valence-electron chi connectivity index (χ0n) is 13.5. The maximum Gasteiger partial charge on any atom is 0.270 e. The van der Waals surface area contributed by atoms with Crippen LogP contribution in [0, 0.1) is 5.82 Å². The summed E-state index contributed by atoms with van der Waals surface area (Å²) in [6.45, 7) is 0.727. The molecule has 3 rings (SSSR count). The number of aliphatic hydroxyl groups excluding tert-OH is 1. The Labute approximate surface area is 144 Å². The van der Waals surface area contributed by atoms with Gasteiger partial charge in [-0.15, -0.1) is 5.10 Å². The van der Waals surface area contributed by atoms with Crippen molar-refractivity contribution in [2.45, 2.75) is 19.1 Å². The Morgan fingerprint density at radius 1 is 1.32 bits per heavy atom. The fraction of sp³-hybridized carbons (Fsp3) is 0.353. The van der Waals surface area contributed by atoms with Gasteiger partial charge in [0.2, 0.25) is 0 Å². The third-order valence-corrected chi connectivity index (χ3v) is 3.88. The van der Waals surface area contributed by atoms with Gasteiger partial charge in [-0.2, -0.15) is 5.10 Å². The molecule has 0 aliphatic carbocycles. The average molecular weight is 347 g/mol. The minimum atomic E-state index is -0.575. The van der Waals surface area contributed by atoms with E-state index in [-0.39, 0.29) is 31.1 Å². The topological polar surface area (TPSA) is 84.8 Å². The number of benzene rings is 1. The highest BCUT2D eigenvalue weighted by atomic mass is 19.1. The Kier molecular flexibility index (Phi) is 5.39. The highest BCUT2D eigenvalue weighted by molar-refractivity contribution is 5.78. The third kappa shape index (κ3) is 4.42. The molecule has 1 aliphatic rings. The molecule has 1 saturated heterocycles. The number of amides is 1. The van der Waals surface area contributed by atoms with Crippen LogP contribution < -0.4 is 9.47 Å². The molecule has 1 aromatic carbocycles. The number of likely N-dealkylation sites (tertiary alicyclic amines) is 1. The fourth-order valence-corrected chi connectivity index (χ4v) is 2.52. The molecule has 2 aromatic rings. The number of hydrogen-bond acceptors (Lipinski definition) is 6. The number of carbonyl (C=O) groups excluding carboxylic acids is 1. The summed E-state index contributed by atoms with van der Waals surface area (Å²) in [5.74, 6) is -0.340. The molecule has 1 amide bonds. The van der Waals surface area contributed by atoms with Crippen molar-refractivity contribution in [3.8, 4) is 11.6 Å². The van der Waals surface area contributed by atoms with E-state index in [0.717, 1.165) is 5.56 Å². The summed E-state index contributed by atoms with van der Waals surface area (Å²) in [4.78, 5) is 13.8. The van der Waals surface area contributed by atoms with Gasteiger partial charge in [0, 0.05) is 13.0 Å². The molecule has 1 fully saturated rings. The SMILES string of the molecule is O=C(COc1ccc(CO)cc1)N1CCC(Oc2nnccc2F)C1. The number of aliphatic hydroxyl groups is 1. The maximum atomic E-state index is 13.5. The molecule has 2 heterocycles. The molecule has 0 radical (unpaired) electrons. The molecule has 8 heteroatoms. The van der Waals surface area contributed by atoms with Crippen molar-refractivity contribution in [1.82, 2.24) is 15.1 Å². The molecule has 7 nitrogen and oxygen atoms in total. The average Bonchev–Trinajstić information content (AvgIpc) is 3.11. The summed E-state index contributed by atoms with van der Waals surface area (Å²) in [5, 5.41) is 16.2. The van der Waals surface area contributed by atoms with Crippen LogP contribution in [0.1, 0.15) is 12.0 Å². The first-order valence-electron chi connectivity index (χ1n) is 7.90. The standard InChI is InChI=1S/C17H18FN3O4/c18-15-5-7-19-20-17(15)25-14-6-8-21(9-14)16(23)11-24-13-3-1-12(10-22)2-4-13/h1-5,7,14,22H,6,8-11H2. The van der Waals surface area contributed by atoms with Crippen LogP contribution in [0.4, 0.5) is 4.39 Å². The number of ether oxygens (including phenoxy) is 2. The lowest BCUT2D eigenvalue weighted by atomic mass is 10.2. The van der Waals surface area contributed by atoms with Crippen molar-refractivity contribution in [3.05, 3.63) is 47.9 Å². The van der Waals surface area contributed by atoms with E-state index in [4.69, 9.17) is 14.6 Å². The first kappa shape index (κ1) is 17.1. The van der Waals surface area contributed by atoms with Crippen molar-refractivity contribution in [3.63, 3.8) is 0 Å². The van der Waals surface area contributed by atoms with E-state index >= 15 is 0 Å². The van der Waals surface area contributed by atoms with Crippen molar-refractivity contribution in [1.29, 1.82) is 0 Å². The van der Waals surface area contributed by atoms with Crippen LogP contribution in [0.25, 0.3) is 0 Å². The van der Waals surface area contributed by atoms with Crippen LogP contribution in [-0.2, 0) is 11.4 Å². The first-order chi connectivity index (χ1) is 12.2. The highest BCUT2D eigenvalue weighted by Gasteiger charge is 2.28. The lowest BCUT2D eigenvalue weighted by molar-refractivity contribution is -0.132. The molecule has 132 valence electrons. The number of hydrogen-bond donors (Lipinski definition) is 1. The molecule has 1 atom stereocenters. The van der Waals surface area contributed by atoms with Gasteiger partial charge in [0.25, 0.3) is 11.8 Å². The Morgan fingerprint density at radius 3 is 2.84 bits per heavy atom. The second-order valence-corrected chi connectivity index (χ2v) is 5.64. The van der Waals surface area contributed by atoms with Gasteiger partial charge in [0.1, 0.15) is 11.9 Å². The van der Waals surface area contributed by atoms with Crippen LogP contribution in [0.15, 0.2) is 36.5 Å². The molecule has 0 spiro atoms. The molecular weight excluding hydrogens is 329 g/mol. The molecular formula is C17H18FN3O4. The minimum absolute atomic E-state index is 0.0409. The van der Waals surface area contributed by atoms with Crippen molar-refractivity contribution < 1.29 is 23.8 Å². The predicted octanol–water partition coefficient (Wildman–Crippen LogP) is 1.17. The van der Waals surface area contributed by atoms with Crippen LogP contribution in [0.5, 0.6) is 11.6 Å². The molecule has 1 aliphatic heterocycles. The number of rotatable bonds is 6. The Hall–Kier alpha value is -2.74. The maximum absolute atomic E-state index is 13.5. The second kappa shape index (κ2) is 7.89. The first-order valence-corrected chi connectivity index (χ1v) is 7.90. The summed E-state index contributed by atoms with van der Waals surface area (Å²) < 4.78 is 24.4. The summed E-state index contributed by atoms with van der Waals surface area (Å²) in [7, 11) is 0. The zero-order chi connectivity index (χ0) is 17.6. The zero-order valence-corrected chi connectivity index (χ0v) is 13.5. The van der Waals surface area contributed by atoms with E-state index in [1.807, 2.05) is 0 Å². The Balaban J connectivity index is 1.48. The largest absolute Gasteiger partial charge is 0.484 e. The molecule has 25 heavy (non-hydrogen) atoms. The van der Waals surface area contributed by atoms with E-state index in [9.17, 15) is 9.18 Å². The van der Waals surface area contributed by atoms with Gasteiger partial charge in [-0.25, -0.2) is 4.39 Å². The smallest absolute Gasteiger partial charge is 0.270 e. The number of nitrogens with zero attached hydrogens (tertiary/aromatic N) is 3. The number of carbonyl (C=O) groups is 1. The van der Waals surface area contributed by atoms with E-state index in [1.54, 1.807) is 29.2 Å². The van der Waals surface area contributed by atoms with Crippen molar-refractivity contribution in [2.24, 2.45) is 0 Å². The number of aromatic nitrogens is 2. The summed E-state index contributed by atoms with van der Waals surface area (Å²) in [5.41, 5.74) is 0.773. The van der Waals surface area contributed by atoms with Crippen LogP contribution in [0.2, 0.25) is 0 Å². The quantitative estimate of drug-likeness (QED) is 0.844. The molecule has 0 bridgehead atoms. The van der Waals surface area contributed by atoms with E-state index in [2.05, 4.69) is 10.2 Å². The van der Waals surface area contributed by atoms with Gasteiger partial charge in [-0.3, -0.25) is 4.79 Å². The summed E-state index contributed by atoms with van der Waals surface area (Å²) in [6, 6.07) is 8.04. The summed E-state index contributed by atoms with van der Waals surface area (Å²) >= 11 is 0. The monoisotopic (exact) mass is 347 g/mol. The third-order valence-electron chi connectivity index (χ3n) is 3.88.